The molecule has 0 aliphatic carbocycles. The highest BCUT2D eigenvalue weighted by atomic mass is 16.3. The molecule has 3 heterocycles. The van der Waals surface area contributed by atoms with Gasteiger partial charge in [-0.2, -0.15) is 0 Å². The van der Waals surface area contributed by atoms with Gasteiger partial charge in [-0.3, -0.25) is 0 Å². The lowest BCUT2D eigenvalue weighted by Gasteiger charge is -2.18. The van der Waals surface area contributed by atoms with E-state index in [0.717, 1.165) is 0 Å². The van der Waals surface area contributed by atoms with Crippen molar-refractivity contribution < 1.29 is 134 Å². The van der Waals surface area contributed by atoms with E-state index >= 15 is 0 Å². The van der Waals surface area contributed by atoms with E-state index in [1.54, 1.807) is 0 Å². The maximum absolute atomic E-state index is 9.77. The van der Waals surface area contributed by atoms with Gasteiger partial charge in [-0.25, -0.2) is 0 Å². The summed E-state index contributed by atoms with van der Waals surface area (Å²) >= 11 is 0. The minimum Gasteiger partial charge on any atom is -0.456 e. The lowest BCUT2D eigenvalue weighted by Crippen LogP contribution is -1.91. The van der Waals surface area contributed by atoms with E-state index in [-0.39, 0.29) is 0 Å². The van der Waals surface area contributed by atoms with Crippen LogP contribution in [-0.2, 0) is 0 Å². The fourth-order valence-corrected chi connectivity index (χ4v) is 18.6. The second-order valence-electron chi connectivity index (χ2n) is 32.8. The molecule has 0 unspecified atom stereocenters. The zero-order valence-corrected chi connectivity index (χ0v) is 74.2. The summed E-state index contributed by atoms with van der Waals surface area (Å²) in [4.78, 5) is 0. The highest BCUT2D eigenvalue weighted by Crippen LogP contribution is 2.54. The minimum absolute atomic E-state index is 0.483. The molecule has 3 nitrogen and oxygen atoms in total. The second kappa shape index (κ2) is 34.6. The molecule has 32 aromatic rings. The summed E-state index contributed by atoms with van der Waals surface area (Å²) in [7, 11) is 0. The number of hydrogen-bond donors (Lipinski definition) is 0. The van der Waals surface area contributed by atoms with Gasteiger partial charge in [0.2, 0.25) is 0 Å². The normalized spacial score (nSPS) is 20.2. The molecule has 0 radical (unpaired) electrons. The Kier molecular flexibility index (Phi) is 8.17. The molecular formula is C146H88O3. The van der Waals surface area contributed by atoms with Crippen molar-refractivity contribution in [3.8, 4) is 100 Å². The molecule has 0 aliphatic heterocycles. The van der Waals surface area contributed by atoms with E-state index in [4.69, 9.17) is 85.9 Å². The number of hydrogen-bond acceptors (Lipinski definition) is 3. The van der Waals surface area contributed by atoms with Crippen molar-refractivity contribution in [2.75, 3.05) is 0 Å². The van der Waals surface area contributed by atoms with Crippen molar-refractivity contribution >= 4 is 217 Å². The molecule has 0 bridgehead atoms. The first-order valence-corrected chi connectivity index (χ1v) is 44.2. The Bertz CT molecular complexity index is 16300. The van der Waals surface area contributed by atoms with Gasteiger partial charge < -0.3 is 13.3 Å². The highest BCUT2D eigenvalue weighted by Gasteiger charge is 2.27. The Balaban J connectivity index is 0.000000145. The third-order valence-electron chi connectivity index (χ3n) is 24.8. The summed E-state index contributed by atoms with van der Waals surface area (Å²) in [5.41, 5.74) is -18.0. The third-order valence-corrected chi connectivity index (χ3v) is 24.8. The van der Waals surface area contributed by atoms with E-state index in [2.05, 4.69) is 0 Å². The van der Waals surface area contributed by atoms with Gasteiger partial charge >= 0.3 is 0 Å². The third kappa shape index (κ3) is 14.0. The van der Waals surface area contributed by atoms with Crippen LogP contribution in [0.3, 0.4) is 0 Å². The van der Waals surface area contributed by atoms with Crippen LogP contribution in [0.4, 0.5) is 0 Å². The average Bonchev–Trinajstić information content (AvgIpc) is 1.67. The van der Waals surface area contributed by atoms with Gasteiger partial charge in [0.15, 0.2) is 0 Å². The maximum atomic E-state index is 9.77. The smallest absolute Gasteiger partial charge is 0.136 e. The molecule has 0 atom stereocenters. The van der Waals surface area contributed by atoms with Crippen LogP contribution in [0.15, 0.2) is 545 Å². The van der Waals surface area contributed by atoms with Gasteiger partial charge in [0.1, 0.15) is 33.5 Å². The van der Waals surface area contributed by atoms with Gasteiger partial charge in [0, 0.05) is 32.3 Å². The molecule has 0 amide bonds. The van der Waals surface area contributed by atoms with Gasteiger partial charge in [0.05, 0.1) is 121 Å². The fourth-order valence-electron chi connectivity index (χ4n) is 18.6. The van der Waals surface area contributed by atoms with Gasteiger partial charge in [0.25, 0.3) is 0 Å². The molecule has 0 fully saturated rings. The van der Waals surface area contributed by atoms with Crippen molar-refractivity contribution in [3.05, 3.63) is 532 Å². The second-order valence-corrected chi connectivity index (χ2v) is 32.8. The Hall–Kier alpha value is -19.6. The number of rotatable bonds is 9. The van der Waals surface area contributed by atoms with Gasteiger partial charge in [-0.05, 0) is 317 Å². The van der Waals surface area contributed by atoms with Crippen LogP contribution in [0.2, 0.25) is 0 Å². The van der Waals surface area contributed by atoms with Crippen LogP contribution in [0.25, 0.3) is 317 Å². The molecule has 32 rings (SSSR count). The molecule has 690 valence electrons. The first-order chi connectivity index (χ1) is 111. The van der Waals surface area contributed by atoms with Gasteiger partial charge in [-0.15, -0.1) is 0 Å². The Morgan fingerprint density at radius 2 is 0.356 bits per heavy atom. The van der Waals surface area contributed by atoms with E-state index in [1.807, 2.05) is 0 Å². The summed E-state index contributed by atoms with van der Waals surface area (Å²) < 4.78 is 815. The lowest BCUT2D eigenvalue weighted by molar-refractivity contribution is 0.669. The summed E-state index contributed by atoms with van der Waals surface area (Å²) in [5, 5.41) is -21.4. The number of fused-ring (bicyclic) bond motifs is 25. The molecule has 149 heavy (non-hydrogen) atoms. The topological polar surface area (TPSA) is 39.4 Å². The molecule has 0 spiro atoms. The first-order valence-electron chi connectivity index (χ1n) is 88.2. The monoisotopic (exact) mass is 1980 g/mol. The van der Waals surface area contributed by atoms with Crippen molar-refractivity contribution in [2.24, 2.45) is 0 Å². The first kappa shape index (κ1) is 35.1. The summed E-state index contributed by atoms with van der Waals surface area (Å²) in [6, 6.07) is -82.1. The number of benzene rings is 29. The van der Waals surface area contributed by atoms with E-state index in [9.17, 15) is 48.0 Å². The standard InChI is InChI=1S/2C50H30O.C46H28O/c1-2-13-36-30-46-44(29-35(36)12-1)50-43(21-10-22-45(50)51-46)49-41-18-7-5-16-39(41)48(40-17-6-8-19-42(40)49)34-27-24-32(25-28-34)38-20-9-14-33-26-23-31-11-3-4-15-37(31)47(33)38;1-2-13-34-30-47-45(28-33(34)12-1)50-43(22-11-23-46(50)51-47)49-41-20-9-7-18-39(41)48(40-19-8-10-21-42(40)49)32-26-24-31(25-27-32)44-29-35-14-3-4-15-36(35)37-16-5-6-17-38(37)44;1-2-11-32-26-35(25-22-29(32)10-1)30-20-23-31(24-21-30)44-36-14-5-7-16-38(36)45(39-17-8-6-15-37(39)44)40-18-9-19-42-46(40)41-27-33-12-3-4-13-34(33)28-43(41)47-42/h2*1-30H;1-28H/i2*1D,2D,3D,4D,5D,6D,7D,8D,9D,10D,11D,12D,13D,14D,15D,16D,17D,18D,19D,20D,21D,22D,23D,24D,25D,26D,27D,28D,29D,30D;1D,2D,3D,4D,5D,6D,7D,8D,9D,10D,11D,12D,13D,14D,15D,16D,17D,18D,19D,20D,21D,22D,23D,24D,25D,26D,27D,28D. The maximum Gasteiger partial charge on any atom is 0.136 e. The van der Waals surface area contributed by atoms with Crippen molar-refractivity contribution in [2.45, 2.75) is 0 Å². The molecule has 3 heteroatoms. The summed E-state index contributed by atoms with van der Waals surface area (Å²) in [6.07, 6.45) is 0. The van der Waals surface area contributed by atoms with Crippen molar-refractivity contribution in [3.63, 3.8) is 0 Å². The Morgan fingerprint density at radius 3 is 0.738 bits per heavy atom. The van der Waals surface area contributed by atoms with E-state index in [1.165, 1.54) is 0 Å². The average molecular weight is 1980 g/mol. The van der Waals surface area contributed by atoms with Gasteiger partial charge in [-0.1, -0.05) is 465 Å². The van der Waals surface area contributed by atoms with Crippen LogP contribution < -0.4 is 0 Å². The van der Waals surface area contributed by atoms with Crippen LogP contribution in [0.1, 0.15) is 121 Å². The Morgan fingerprint density at radius 1 is 0.107 bits per heavy atom. The SMILES string of the molecule is [2H]c1c([2H])c(-c2c([2H])c([2H])c([2H])c3c([2H])c([2H])c4c([2H])c([2H])c([2H])c([2H])c4c23)c([2H])c([2H])c1-c1c2c([2H])c([2H])c([2H])c([2H])c2c(-c2c([2H])c([2H])c([2H])c3oc4c([2H])c5c([2H])c([2H])c([2H])c([2H])c5c([2H])c4c23)c2c([2H])c([2H])c([2H])c([2H])c12.[2H]c1c([2H])c(-c2c([2H])c3c([2H])c([2H])c([2H])c([2H])c3c3c([2H])c([2H])c([2H])c([2H])c23)c([2H])c([2H])c1-c1c2c([2H])c([2H])c([2H])c([2H])c2c(-c2c([2H])c([2H])c([2H])c3oc4c([2H])c5c([2H])c([2H])c([2H])c([2H])c5c([2H])c4c23)c2c([2H])c([2H])c([2H])c([2H])c12.[2H]c1c([2H])c(-c2c3c([2H])c([2H])c([2H])c([2H])c3c(-c3c([2H])c([2H])c([2H])c4oc5c([2H])c6c([2H])c([2H])c([2H])c([2H])c6c([2H])c5c34)c3c([2H])c([2H])c([2H])c([2H])c23)c([2H])c([2H])c1-c1c([2H])c([2H])c2c([2H])c([2H])c([2H])c([2H])c2c1[2H]. The minimum atomic E-state index is -1.15. The fraction of sp³-hybridized carbons (Fsp3) is 0. The Labute approximate surface area is 981 Å². The molecule has 0 saturated carbocycles. The van der Waals surface area contributed by atoms with Crippen LogP contribution >= 0.6 is 0 Å². The van der Waals surface area contributed by atoms with E-state index in [0.29, 0.717) is 0 Å². The largest absolute Gasteiger partial charge is 0.456 e. The molecular weight excluding hydrogens is 1800 g/mol. The van der Waals surface area contributed by atoms with Crippen LogP contribution in [0, 0.1) is 0 Å². The predicted octanol–water partition coefficient (Wildman–Crippen LogP) is 41.9. The molecule has 0 N–H and O–H groups in total. The molecule has 0 aliphatic rings. The zero-order chi connectivity index (χ0) is 174. The zero-order valence-electron chi connectivity index (χ0n) is 162. The van der Waals surface area contributed by atoms with Crippen LogP contribution in [0.5, 0.6) is 0 Å². The highest BCUT2D eigenvalue weighted by molar-refractivity contribution is 6.31. The summed E-state index contributed by atoms with van der Waals surface area (Å²) in [5.74, 6) is 0. The number of furan rings is 3. The van der Waals surface area contributed by atoms with Crippen molar-refractivity contribution in [1.29, 1.82) is 0 Å². The molecule has 29 aromatic carbocycles. The van der Waals surface area contributed by atoms with Crippen molar-refractivity contribution in [1.82, 2.24) is 0 Å². The summed E-state index contributed by atoms with van der Waals surface area (Å²) in [6.45, 7) is 0. The van der Waals surface area contributed by atoms with Crippen LogP contribution in [-0.4, -0.2) is 0 Å². The molecule has 0 saturated heterocycles. The predicted molar refractivity (Wildman–Crippen MR) is 635 cm³/mol. The lowest BCUT2D eigenvalue weighted by atomic mass is 9.84. The van der Waals surface area contributed by atoms with E-state index < -0.39 is 849 Å². The quantitative estimate of drug-likeness (QED) is 0.107. The molecule has 3 aromatic heterocycles.